The van der Waals surface area contributed by atoms with Crippen LogP contribution >= 0.6 is 0 Å². The molecule has 1 aromatic rings. The Morgan fingerprint density at radius 1 is 0.974 bits per heavy atom. The zero-order chi connectivity index (χ0) is 26.8. The number of rotatable bonds is 9. The summed E-state index contributed by atoms with van der Waals surface area (Å²) in [5, 5.41) is 0. The largest absolute Gasteiger partial charge is 0.514 e. The molecule has 0 amide bonds. The smallest absolute Gasteiger partial charge is 0.430 e. The van der Waals surface area contributed by atoms with Gasteiger partial charge in [-0.3, -0.25) is 0 Å². The van der Waals surface area contributed by atoms with Gasteiger partial charge in [-0.05, 0) is 110 Å². The summed E-state index contributed by atoms with van der Waals surface area (Å²) in [5.74, 6) is 4.06. The van der Waals surface area contributed by atoms with Crippen molar-refractivity contribution in [1.29, 1.82) is 0 Å². The van der Waals surface area contributed by atoms with Crippen molar-refractivity contribution in [3.05, 3.63) is 41.5 Å². The lowest BCUT2D eigenvalue weighted by molar-refractivity contribution is -0.0538. The molecule has 4 aliphatic carbocycles. The number of unbranched alkanes of at least 4 members (excludes halogenated alkanes) is 5. The summed E-state index contributed by atoms with van der Waals surface area (Å²) in [5.41, 5.74) is 3.47. The van der Waals surface area contributed by atoms with Gasteiger partial charge < -0.3 is 9.47 Å². The molecule has 0 N–H and O–H groups in total. The van der Waals surface area contributed by atoms with E-state index in [1.165, 1.54) is 77.0 Å². The normalized spacial score (nSPS) is 36.0. The molecule has 0 aromatic heterocycles. The molecule has 3 nitrogen and oxygen atoms in total. The topological polar surface area (TPSA) is 35.5 Å². The molecule has 3 fully saturated rings. The van der Waals surface area contributed by atoms with Crippen molar-refractivity contribution >= 4 is 6.16 Å². The van der Waals surface area contributed by atoms with E-state index in [0.717, 1.165) is 48.5 Å². The Bertz CT molecular complexity index is 997. The number of ether oxygens (including phenoxy) is 2. The lowest BCUT2D eigenvalue weighted by atomic mass is 9.47. The molecule has 0 aliphatic heterocycles. The average Bonchev–Trinajstić information content (AvgIpc) is 3.22. The molecule has 7 unspecified atom stereocenters. The second-order valence-corrected chi connectivity index (χ2v) is 13.8. The molecule has 5 rings (SSSR count). The summed E-state index contributed by atoms with van der Waals surface area (Å²) >= 11 is 0. The highest BCUT2D eigenvalue weighted by Crippen LogP contribution is 2.66. The van der Waals surface area contributed by atoms with Gasteiger partial charge in [-0.15, -0.1) is 0 Å². The first kappa shape index (κ1) is 27.8. The first-order valence-corrected chi connectivity index (χ1v) is 16.0. The Morgan fingerprint density at radius 2 is 1.79 bits per heavy atom. The lowest BCUT2D eigenvalue weighted by Crippen LogP contribution is -2.50. The first-order chi connectivity index (χ1) is 18.3. The molecule has 0 saturated heterocycles. The molecular weight excluding hydrogens is 468 g/mol. The SMILES string of the molecule is CCCCCCCCC1CCC2C3CC=C4CC(OC(=O)Oc5cccc(C)c5)CCC4(C)C3CCC12C. The van der Waals surface area contributed by atoms with Crippen molar-refractivity contribution in [1.82, 2.24) is 0 Å². The second-order valence-electron chi connectivity index (χ2n) is 13.8. The Hall–Kier alpha value is -1.77. The first-order valence-electron chi connectivity index (χ1n) is 16.0. The summed E-state index contributed by atoms with van der Waals surface area (Å²) in [7, 11) is 0. The van der Waals surface area contributed by atoms with Crippen molar-refractivity contribution in [2.75, 3.05) is 0 Å². The maximum absolute atomic E-state index is 12.5. The minimum atomic E-state index is -0.561. The van der Waals surface area contributed by atoms with Crippen molar-refractivity contribution in [3.8, 4) is 5.75 Å². The van der Waals surface area contributed by atoms with E-state index in [2.05, 4.69) is 26.8 Å². The van der Waals surface area contributed by atoms with Gasteiger partial charge in [0, 0.05) is 6.42 Å². The van der Waals surface area contributed by atoms with E-state index in [1.807, 2.05) is 31.2 Å². The van der Waals surface area contributed by atoms with Crippen LogP contribution in [0.5, 0.6) is 5.75 Å². The van der Waals surface area contributed by atoms with Crippen LogP contribution in [0.2, 0.25) is 0 Å². The number of fused-ring (bicyclic) bond motifs is 5. The number of carbonyl (C=O) groups is 1. The minimum absolute atomic E-state index is 0.0646. The average molecular weight is 521 g/mol. The van der Waals surface area contributed by atoms with Crippen LogP contribution in [-0.2, 0) is 4.74 Å². The van der Waals surface area contributed by atoms with Crippen LogP contribution in [-0.4, -0.2) is 12.3 Å². The molecule has 7 atom stereocenters. The van der Waals surface area contributed by atoms with Gasteiger partial charge in [0.15, 0.2) is 0 Å². The zero-order valence-corrected chi connectivity index (χ0v) is 24.6. The second kappa shape index (κ2) is 11.8. The van der Waals surface area contributed by atoms with Gasteiger partial charge >= 0.3 is 6.16 Å². The van der Waals surface area contributed by atoms with Gasteiger partial charge in [-0.25, -0.2) is 4.79 Å². The molecule has 0 heterocycles. The van der Waals surface area contributed by atoms with E-state index < -0.39 is 6.16 Å². The fourth-order valence-electron chi connectivity index (χ4n) is 9.42. The van der Waals surface area contributed by atoms with Crippen LogP contribution in [0.4, 0.5) is 4.79 Å². The van der Waals surface area contributed by atoms with Crippen LogP contribution in [0.25, 0.3) is 0 Å². The molecule has 0 radical (unpaired) electrons. The number of hydrogen-bond acceptors (Lipinski definition) is 3. The van der Waals surface area contributed by atoms with E-state index in [-0.39, 0.29) is 11.5 Å². The van der Waals surface area contributed by atoms with Crippen molar-refractivity contribution in [3.63, 3.8) is 0 Å². The summed E-state index contributed by atoms with van der Waals surface area (Å²) in [6.07, 6.45) is 21.8. The van der Waals surface area contributed by atoms with Crippen LogP contribution in [0, 0.1) is 41.4 Å². The third-order valence-corrected chi connectivity index (χ3v) is 11.6. The third-order valence-electron chi connectivity index (χ3n) is 11.6. The van der Waals surface area contributed by atoms with E-state index in [1.54, 1.807) is 5.57 Å². The summed E-state index contributed by atoms with van der Waals surface area (Å²) < 4.78 is 11.3. The maximum Gasteiger partial charge on any atom is 0.514 e. The number of hydrogen-bond donors (Lipinski definition) is 0. The van der Waals surface area contributed by atoms with E-state index in [4.69, 9.17) is 9.47 Å². The van der Waals surface area contributed by atoms with Crippen molar-refractivity contribution in [2.45, 2.75) is 130 Å². The monoisotopic (exact) mass is 520 g/mol. The Balaban J connectivity index is 1.17. The minimum Gasteiger partial charge on any atom is -0.430 e. The fourth-order valence-corrected chi connectivity index (χ4v) is 9.42. The standard InChI is InChI=1S/C35H52O3/c1-5-6-7-8-9-10-13-26-16-18-31-30-17-15-27-24-29(38-33(36)37-28-14-11-12-25(2)23-28)19-21-35(27,4)32(30)20-22-34(26,31)3/h11-12,14-15,23,26,29-32H,5-10,13,16-22,24H2,1-4H3. The third kappa shape index (κ3) is 5.59. The van der Waals surface area contributed by atoms with E-state index in [9.17, 15) is 4.79 Å². The van der Waals surface area contributed by atoms with E-state index in [0.29, 0.717) is 11.2 Å². The van der Waals surface area contributed by atoms with Crippen LogP contribution in [0.3, 0.4) is 0 Å². The number of carbonyl (C=O) groups excluding carboxylic acids is 1. The van der Waals surface area contributed by atoms with Gasteiger partial charge in [0.2, 0.25) is 0 Å². The van der Waals surface area contributed by atoms with Gasteiger partial charge in [0.05, 0.1) is 0 Å². The molecule has 3 heteroatoms. The molecule has 3 saturated carbocycles. The molecule has 0 spiro atoms. The molecule has 210 valence electrons. The number of allylic oxidation sites excluding steroid dienone is 1. The molecule has 4 aliphatic rings. The highest BCUT2D eigenvalue weighted by Gasteiger charge is 2.58. The predicted octanol–water partition coefficient (Wildman–Crippen LogP) is 10.2. The highest BCUT2D eigenvalue weighted by atomic mass is 16.7. The summed E-state index contributed by atoms with van der Waals surface area (Å²) in [6.45, 7) is 9.53. The Labute approximate surface area is 232 Å². The molecule has 1 aromatic carbocycles. The number of benzene rings is 1. The predicted molar refractivity (Wildman–Crippen MR) is 155 cm³/mol. The van der Waals surface area contributed by atoms with Crippen molar-refractivity contribution in [2.24, 2.45) is 34.5 Å². The van der Waals surface area contributed by atoms with Gasteiger partial charge in [0.25, 0.3) is 0 Å². The Morgan fingerprint density at radius 3 is 2.61 bits per heavy atom. The quantitative estimate of drug-likeness (QED) is 0.141. The van der Waals surface area contributed by atoms with Crippen LogP contribution in [0.15, 0.2) is 35.9 Å². The number of aryl methyl sites for hydroxylation is 1. The van der Waals surface area contributed by atoms with E-state index >= 15 is 0 Å². The van der Waals surface area contributed by atoms with Gasteiger partial charge in [-0.1, -0.05) is 83.1 Å². The maximum atomic E-state index is 12.5. The molecule has 0 bridgehead atoms. The van der Waals surface area contributed by atoms with Gasteiger partial charge in [-0.2, -0.15) is 0 Å². The van der Waals surface area contributed by atoms with Crippen LogP contribution in [0.1, 0.15) is 123 Å². The van der Waals surface area contributed by atoms with Gasteiger partial charge in [0.1, 0.15) is 11.9 Å². The Kier molecular flexibility index (Phi) is 8.60. The molecule has 38 heavy (non-hydrogen) atoms. The zero-order valence-electron chi connectivity index (χ0n) is 24.6. The fraction of sp³-hybridized carbons (Fsp3) is 0.743. The summed E-state index contributed by atoms with van der Waals surface area (Å²) in [6, 6.07) is 7.59. The molecular formula is C35H52O3. The highest BCUT2D eigenvalue weighted by molar-refractivity contribution is 5.64. The van der Waals surface area contributed by atoms with Crippen molar-refractivity contribution < 1.29 is 14.3 Å². The van der Waals surface area contributed by atoms with Crippen LogP contribution < -0.4 is 4.74 Å². The summed E-state index contributed by atoms with van der Waals surface area (Å²) in [4.78, 5) is 12.5. The lowest BCUT2D eigenvalue weighted by Gasteiger charge is -2.58.